The fraction of sp³-hybridized carbons (Fsp3) is 0.417. The van der Waals surface area contributed by atoms with Crippen molar-refractivity contribution in [3.63, 3.8) is 0 Å². The van der Waals surface area contributed by atoms with Gasteiger partial charge in [-0.2, -0.15) is 0 Å². The van der Waals surface area contributed by atoms with Gasteiger partial charge in [0.25, 0.3) is 0 Å². The zero-order chi connectivity index (χ0) is 27.3. The lowest BCUT2D eigenvalue weighted by atomic mass is 9.91. The maximum absolute atomic E-state index is 13.3. The molecule has 0 bridgehead atoms. The van der Waals surface area contributed by atoms with Crippen molar-refractivity contribution in [1.82, 2.24) is 0 Å². The lowest BCUT2D eigenvalue weighted by molar-refractivity contribution is -0.114. The van der Waals surface area contributed by atoms with Crippen LogP contribution in [0.5, 0.6) is 0 Å². The van der Waals surface area contributed by atoms with E-state index in [0.717, 1.165) is 47.0 Å². The lowest BCUT2D eigenvalue weighted by Gasteiger charge is -2.14. The van der Waals surface area contributed by atoms with Gasteiger partial charge >= 0.3 is 0 Å². The van der Waals surface area contributed by atoms with Crippen molar-refractivity contribution >= 4 is 5.78 Å². The highest BCUT2D eigenvalue weighted by atomic mass is 19.1. The normalized spacial score (nSPS) is 18.9. The molecule has 2 aromatic carbocycles. The topological polar surface area (TPSA) is 17.1 Å². The molecule has 2 unspecified atom stereocenters. The Morgan fingerprint density at radius 3 is 2.42 bits per heavy atom. The van der Waals surface area contributed by atoms with E-state index in [-0.39, 0.29) is 11.6 Å². The molecule has 38 heavy (non-hydrogen) atoms. The third-order valence-electron chi connectivity index (χ3n) is 7.84. The summed E-state index contributed by atoms with van der Waals surface area (Å²) < 4.78 is 13.3. The summed E-state index contributed by atoms with van der Waals surface area (Å²) in [4.78, 5) is 12.3. The minimum atomic E-state index is -0.264. The van der Waals surface area contributed by atoms with E-state index in [4.69, 9.17) is 0 Å². The van der Waals surface area contributed by atoms with Crippen molar-refractivity contribution in [3.8, 4) is 0 Å². The Balaban J connectivity index is 1.44. The standard InChI is InChI=1S/C36H45FO/c1-5-34(21-23-36(38)22-20-32-10-7-11-35(37)26-32)29(4)24-28(3)13-14-30-16-18-33(19-17-30)25-31-9-6-8-27(2)12-15-31/h5,7,10-11,16-19,21,23-24,26-27,31H,3,6,8-9,12-15,20,22,25H2,1-2,4H3. The molecule has 2 heteroatoms. The van der Waals surface area contributed by atoms with Crippen LogP contribution in [0.25, 0.3) is 0 Å². The highest BCUT2D eigenvalue weighted by Crippen LogP contribution is 2.29. The van der Waals surface area contributed by atoms with Crippen molar-refractivity contribution in [3.05, 3.63) is 119 Å². The summed E-state index contributed by atoms with van der Waals surface area (Å²) in [6.07, 6.45) is 18.6. The van der Waals surface area contributed by atoms with Crippen molar-refractivity contribution in [1.29, 1.82) is 0 Å². The van der Waals surface area contributed by atoms with Crippen molar-refractivity contribution in [2.45, 2.75) is 85.0 Å². The SMILES string of the molecule is C=C(C=C(C)C(C=CC(=O)CCc1cccc(F)c1)=CC)CCc1ccc(CC2CCCC(C)CC2)cc1. The molecule has 1 saturated carbocycles. The maximum Gasteiger partial charge on any atom is 0.156 e. The molecule has 0 heterocycles. The second-order valence-corrected chi connectivity index (χ2v) is 11.2. The van der Waals surface area contributed by atoms with Crippen LogP contribution in [0, 0.1) is 17.7 Å². The van der Waals surface area contributed by atoms with Crippen LogP contribution in [-0.2, 0) is 24.1 Å². The Morgan fingerprint density at radius 1 is 0.947 bits per heavy atom. The van der Waals surface area contributed by atoms with Gasteiger partial charge in [0.2, 0.25) is 0 Å². The van der Waals surface area contributed by atoms with Crippen molar-refractivity contribution in [2.75, 3.05) is 0 Å². The molecule has 202 valence electrons. The first kappa shape index (κ1) is 29.6. The number of allylic oxidation sites excluding steroid dienone is 7. The monoisotopic (exact) mass is 512 g/mol. The molecule has 2 atom stereocenters. The average molecular weight is 513 g/mol. The number of aryl methyl sites for hydroxylation is 2. The minimum absolute atomic E-state index is 0.0392. The Morgan fingerprint density at radius 2 is 1.68 bits per heavy atom. The molecule has 1 aliphatic rings. The fourth-order valence-corrected chi connectivity index (χ4v) is 5.39. The van der Waals surface area contributed by atoms with Crippen LogP contribution in [0.1, 0.15) is 82.4 Å². The van der Waals surface area contributed by atoms with Gasteiger partial charge in [-0.1, -0.05) is 99.4 Å². The number of ketones is 1. The first-order valence-corrected chi connectivity index (χ1v) is 14.4. The second-order valence-electron chi connectivity index (χ2n) is 11.2. The predicted octanol–water partition coefficient (Wildman–Crippen LogP) is 9.72. The number of halogens is 1. The summed E-state index contributed by atoms with van der Waals surface area (Å²) in [7, 11) is 0. The van der Waals surface area contributed by atoms with Gasteiger partial charge < -0.3 is 0 Å². The van der Waals surface area contributed by atoms with Crippen LogP contribution in [0.4, 0.5) is 4.39 Å². The number of hydrogen-bond donors (Lipinski definition) is 0. The largest absolute Gasteiger partial charge is 0.295 e. The lowest BCUT2D eigenvalue weighted by Crippen LogP contribution is -2.03. The maximum atomic E-state index is 13.3. The third-order valence-corrected chi connectivity index (χ3v) is 7.84. The third kappa shape index (κ3) is 10.4. The molecule has 2 aromatic rings. The van der Waals surface area contributed by atoms with Gasteiger partial charge in [0.15, 0.2) is 5.78 Å². The molecule has 3 rings (SSSR count). The van der Waals surface area contributed by atoms with E-state index in [2.05, 4.69) is 50.8 Å². The van der Waals surface area contributed by atoms with Gasteiger partial charge in [0.05, 0.1) is 0 Å². The molecule has 0 aliphatic heterocycles. The molecule has 0 radical (unpaired) electrons. The van der Waals surface area contributed by atoms with Gasteiger partial charge in [-0.25, -0.2) is 4.39 Å². The molecule has 0 aromatic heterocycles. The first-order valence-electron chi connectivity index (χ1n) is 14.4. The fourth-order valence-electron chi connectivity index (χ4n) is 5.39. The Kier molecular flexibility index (Phi) is 12.0. The predicted molar refractivity (Wildman–Crippen MR) is 160 cm³/mol. The number of rotatable bonds is 12. The van der Waals surface area contributed by atoms with E-state index in [0.29, 0.717) is 12.8 Å². The van der Waals surface area contributed by atoms with E-state index in [9.17, 15) is 9.18 Å². The van der Waals surface area contributed by atoms with E-state index in [1.54, 1.807) is 12.1 Å². The van der Waals surface area contributed by atoms with Crippen LogP contribution in [0.3, 0.4) is 0 Å². The summed E-state index contributed by atoms with van der Waals surface area (Å²) in [5, 5.41) is 0. The number of hydrogen-bond acceptors (Lipinski definition) is 1. The average Bonchev–Trinajstić information content (AvgIpc) is 3.11. The van der Waals surface area contributed by atoms with Gasteiger partial charge in [-0.05, 0) is 104 Å². The van der Waals surface area contributed by atoms with E-state index >= 15 is 0 Å². The van der Waals surface area contributed by atoms with Crippen LogP contribution in [0.2, 0.25) is 0 Å². The Bertz CT molecular complexity index is 1150. The van der Waals surface area contributed by atoms with Crippen LogP contribution in [0.15, 0.2) is 96.1 Å². The quantitative estimate of drug-likeness (QED) is 0.157. The van der Waals surface area contributed by atoms with E-state index in [1.807, 2.05) is 25.1 Å². The second kappa shape index (κ2) is 15.4. The zero-order valence-electron chi connectivity index (χ0n) is 23.6. The van der Waals surface area contributed by atoms with Crippen molar-refractivity contribution < 1.29 is 9.18 Å². The zero-order valence-corrected chi connectivity index (χ0v) is 23.6. The van der Waals surface area contributed by atoms with E-state index in [1.165, 1.54) is 61.8 Å². The molecule has 0 saturated heterocycles. The highest BCUT2D eigenvalue weighted by molar-refractivity contribution is 5.90. The summed E-state index contributed by atoms with van der Waals surface area (Å²) in [6.45, 7) is 10.7. The minimum Gasteiger partial charge on any atom is -0.295 e. The van der Waals surface area contributed by atoms with Gasteiger partial charge in [0.1, 0.15) is 5.82 Å². The van der Waals surface area contributed by atoms with Gasteiger partial charge in [0, 0.05) is 6.42 Å². The number of carbonyl (C=O) groups excluding carboxylic acids is 1. The summed E-state index contributed by atoms with van der Waals surface area (Å²) in [5.41, 5.74) is 6.87. The molecule has 1 aliphatic carbocycles. The Hall–Kier alpha value is -3.00. The van der Waals surface area contributed by atoms with Crippen molar-refractivity contribution in [2.24, 2.45) is 11.8 Å². The summed E-state index contributed by atoms with van der Waals surface area (Å²) in [6, 6.07) is 15.6. The summed E-state index contributed by atoms with van der Waals surface area (Å²) >= 11 is 0. The van der Waals surface area contributed by atoms with Crippen LogP contribution in [-0.4, -0.2) is 5.78 Å². The number of carbonyl (C=O) groups is 1. The molecule has 1 nitrogen and oxygen atoms in total. The molecule has 1 fully saturated rings. The number of benzene rings is 2. The molecular weight excluding hydrogens is 467 g/mol. The van der Waals surface area contributed by atoms with Gasteiger partial charge in [-0.3, -0.25) is 4.79 Å². The highest BCUT2D eigenvalue weighted by Gasteiger charge is 2.16. The van der Waals surface area contributed by atoms with E-state index < -0.39 is 0 Å². The van der Waals surface area contributed by atoms with Gasteiger partial charge in [-0.15, -0.1) is 0 Å². The molecule has 0 N–H and O–H groups in total. The first-order chi connectivity index (χ1) is 18.3. The summed E-state index contributed by atoms with van der Waals surface area (Å²) in [5.74, 6) is 1.52. The Labute approximate surface area is 230 Å². The van der Waals surface area contributed by atoms with Crippen LogP contribution >= 0.6 is 0 Å². The van der Waals surface area contributed by atoms with Crippen LogP contribution < -0.4 is 0 Å². The molecular formula is C36H45FO. The molecule has 0 amide bonds. The smallest absolute Gasteiger partial charge is 0.156 e. The molecule has 0 spiro atoms.